The zero-order chi connectivity index (χ0) is 21.0. The molecule has 2 atom stereocenters. The van der Waals surface area contributed by atoms with E-state index in [2.05, 4.69) is 22.2 Å². The van der Waals surface area contributed by atoms with Crippen LogP contribution in [-0.4, -0.2) is 40.7 Å². The lowest BCUT2D eigenvalue weighted by molar-refractivity contribution is -0.145. The molecule has 5 aliphatic carbocycles. The van der Waals surface area contributed by atoms with Gasteiger partial charge in [0.05, 0.1) is 0 Å². The van der Waals surface area contributed by atoms with Gasteiger partial charge in [0.15, 0.2) is 5.69 Å². The first kappa shape index (κ1) is 19.9. The van der Waals surface area contributed by atoms with Crippen molar-refractivity contribution in [2.75, 3.05) is 18.0 Å². The Morgan fingerprint density at radius 1 is 1.27 bits per heavy atom. The normalized spacial score (nSPS) is 34.2. The molecule has 7 heteroatoms. The molecule has 6 rings (SSSR count). The molecule has 0 saturated heterocycles. The molecule has 7 nitrogen and oxygen atoms in total. The molecule has 3 N–H and O–H groups in total. The summed E-state index contributed by atoms with van der Waals surface area (Å²) in [6.45, 7) is 4.23. The molecule has 5 aliphatic rings. The van der Waals surface area contributed by atoms with Gasteiger partial charge in [0.2, 0.25) is 5.91 Å². The summed E-state index contributed by atoms with van der Waals surface area (Å²) in [6.07, 6.45) is 8.53. The highest BCUT2D eigenvalue weighted by Gasteiger charge is 2.58. The highest BCUT2D eigenvalue weighted by molar-refractivity contribution is 5.93. The van der Waals surface area contributed by atoms with Crippen LogP contribution in [0.1, 0.15) is 68.8 Å². The predicted molar refractivity (Wildman–Crippen MR) is 115 cm³/mol. The molecule has 1 heterocycles. The van der Waals surface area contributed by atoms with E-state index >= 15 is 0 Å². The average molecular weight is 414 g/mol. The average Bonchev–Trinajstić information content (AvgIpc) is 3.42. The van der Waals surface area contributed by atoms with Crippen LogP contribution in [0.5, 0.6) is 0 Å². The van der Waals surface area contributed by atoms with Crippen molar-refractivity contribution in [1.82, 2.24) is 15.1 Å². The second-order valence-corrected chi connectivity index (χ2v) is 10.5. The molecule has 4 bridgehead atoms. The molecule has 30 heavy (non-hydrogen) atoms. The first-order valence-electron chi connectivity index (χ1n) is 11.8. The number of carbonyl (C=O) groups is 2. The van der Waals surface area contributed by atoms with E-state index < -0.39 is 0 Å². The molecule has 5 fully saturated rings. The van der Waals surface area contributed by atoms with E-state index in [9.17, 15) is 9.59 Å². The molecule has 0 spiro atoms. The van der Waals surface area contributed by atoms with Crippen molar-refractivity contribution in [3.8, 4) is 0 Å². The number of carbonyl (C=O) groups excluding carboxylic acids is 2. The number of hydrogen-bond acceptors (Lipinski definition) is 4. The van der Waals surface area contributed by atoms with Gasteiger partial charge in [-0.1, -0.05) is 6.92 Å². The van der Waals surface area contributed by atoms with Crippen LogP contribution in [0.2, 0.25) is 0 Å². The summed E-state index contributed by atoms with van der Waals surface area (Å²) in [5.74, 6) is 2.93. The van der Waals surface area contributed by atoms with Crippen molar-refractivity contribution in [3.63, 3.8) is 0 Å². The van der Waals surface area contributed by atoms with Gasteiger partial charge in [-0.2, -0.15) is 5.10 Å². The van der Waals surface area contributed by atoms with E-state index in [4.69, 9.17) is 5.73 Å². The fourth-order valence-corrected chi connectivity index (χ4v) is 6.83. The Morgan fingerprint density at radius 3 is 2.57 bits per heavy atom. The summed E-state index contributed by atoms with van der Waals surface area (Å²) in [5.41, 5.74) is 5.98. The van der Waals surface area contributed by atoms with Gasteiger partial charge < -0.3 is 16.0 Å². The number of aryl methyl sites for hydroxylation is 1. The molecule has 0 aromatic carbocycles. The smallest absolute Gasteiger partial charge is 0.272 e. The van der Waals surface area contributed by atoms with E-state index in [1.165, 1.54) is 12.8 Å². The fraction of sp³-hybridized carbons (Fsp3) is 0.783. The minimum Gasteiger partial charge on any atom is -0.369 e. The Kier molecular flexibility index (Phi) is 4.82. The molecular weight excluding hydrogens is 378 g/mol. The number of amides is 2. The number of nitrogens with one attached hydrogen (secondary N) is 1. The van der Waals surface area contributed by atoms with Gasteiger partial charge in [0, 0.05) is 37.7 Å². The van der Waals surface area contributed by atoms with Crippen molar-refractivity contribution >= 4 is 17.6 Å². The minimum absolute atomic E-state index is 0.0784. The van der Waals surface area contributed by atoms with Crippen LogP contribution in [0, 0.1) is 29.1 Å². The van der Waals surface area contributed by atoms with Crippen LogP contribution in [0.25, 0.3) is 0 Å². The second kappa shape index (κ2) is 7.27. The maximum Gasteiger partial charge on any atom is 0.272 e. The van der Waals surface area contributed by atoms with Crippen LogP contribution in [0.4, 0.5) is 5.82 Å². The fourth-order valence-electron chi connectivity index (χ4n) is 6.83. The Bertz CT molecular complexity index is 829. The van der Waals surface area contributed by atoms with Gasteiger partial charge in [0.25, 0.3) is 5.91 Å². The third-order valence-corrected chi connectivity index (χ3v) is 8.17. The Labute approximate surface area is 178 Å². The van der Waals surface area contributed by atoms with Crippen molar-refractivity contribution in [1.29, 1.82) is 0 Å². The number of nitrogens with two attached hydrogens (primary N) is 1. The molecule has 2 unspecified atom stereocenters. The largest absolute Gasteiger partial charge is 0.369 e. The lowest BCUT2D eigenvalue weighted by atomic mass is 9.47. The molecule has 0 radical (unpaired) electrons. The number of hydrogen-bond donors (Lipinski definition) is 2. The summed E-state index contributed by atoms with van der Waals surface area (Å²) >= 11 is 0. The zero-order valence-electron chi connectivity index (χ0n) is 18.3. The SMILES string of the molecule is CCCN(CC1CC1)c1cc(C(=O)N[C@H]2C3CC4CC2C[C@](C(N)=O)(C4)C3)nn1C. The minimum atomic E-state index is -0.320. The second-order valence-electron chi connectivity index (χ2n) is 10.5. The first-order chi connectivity index (χ1) is 14.4. The number of aromatic nitrogens is 2. The molecule has 1 aromatic rings. The number of rotatable bonds is 8. The van der Waals surface area contributed by atoms with Gasteiger partial charge >= 0.3 is 0 Å². The van der Waals surface area contributed by atoms with Crippen LogP contribution in [-0.2, 0) is 11.8 Å². The molecular formula is C23H35N5O2. The standard InChI is InChI=1S/C23H35N5O2/c1-3-6-28(13-14-4-5-14)19-9-18(26-27(19)2)21(29)25-20-16-7-15-8-17(20)12-23(10-15,11-16)22(24)30/h9,14-17,20H,3-8,10-13H2,1-2H3,(H2,24,30)(H,25,29)/t15?,16?,17?,20-,23-. The van der Waals surface area contributed by atoms with Gasteiger partial charge in [0.1, 0.15) is 5.82 Å². The van der Waals surface area contributed by atoms with E-state index in [1.807, 2.05) is 17.8 Å². The van der Waals surface area contributed by atoms with Gasteiger partial charge in [-0.15, -0.1) is 0 Å². The van der Waals surface area contributed by atoms with E-state index in [-0.39, 0.29) is 23.3 Å². The predicted octanol–water partition coefficient (Wildman–Crippen LogP) is 2.46. The lowest BCUT2D eigenvalue weighted by Crippen LogP contribution is -2.62. The van der Waals surface area contributed by atoms with Crippen molar-refractivity contribution in [2.24, 2.45) is 41.9 Å². The Balaban J connectivity index is 1.30. The highest BCUT2D eigenvalue weighted by atomic mass is 16.2. The topological polar surface area (TPSA) is 93.2 Å². The van der Waals surface area contributed by atoms with E-state index in [0.717, 1.165) is 63.4 Å². The maximum absolute atomic E-state index is 13.1. The molecule has 5 saturated carbocycles. The Morgan fingerprint density at radius 2 is 1.97 bits per heavy atom. The molecule has 1 aromatic heterocycles. The van der Waals surface area contributed by atoms with Crippen molar-refractivity contribution in [2.45, 2.75) is 64.3 Å². The summed E-state index contributed by atoms with van der Waals surface area (Å²) in [7, 11) is 1.93. The molecule has 0 aliphatic heterocycles. The van der Waals surface area contributed by atoms with Crippen LogP contribution in [0.3, 0.4) is 0 Å². The Hall–Kier alpha value is -2.05. The first-order valence-corrected chi connectivity index (χ1v) is 11.8. The van der Waals surface area contributed by atoms with Gasteiger partial charge in [-0.25, -0.2) is 0 Å². The zero-order valence-corrected chi connectivity index (χ0v) is 18.3. The van der Waals surface area contributed by atoms with Crippen LogP contribution < -0.4 is 16.0 Å². The monoisotopic (exact) mass is 413 g/mol. The molecule has 2 amide bonds. The summed E-state index contributed by atoms with van der Waals surface area (Å²) in [5, 5.41) is 7.87. The summed E-state index contributed by atoms with van der Waals surface area (Å²) in [4.78, 5) is 27.7. The van der Waals surface area contributed by atoms with Crippen molar-refractivity contribution < 1.29 is 9.59 Å². The third-order valence-electron chi connectivity index (χ3n) is 8.17. The lowest BCUT2D eigenvalue weighted by Gasteiger charge is -2.58. The van der Waals surface area contributed by atoms with Gasteiger partial charge in [-0.3, -0.25) is 14.3 Å². The van der Waals surface area contributed by atoms with E-state index in [0.29, 0.717) is 23.4 Å². The highest BCUT2D eigenvalue weighted by Crippen LogP contribution is 2.59. The maximum atomic E-state index is 13.1. The molecule has 164 valence electrons. The number of primary amides is 1. The van der Waals surface area contributed by atoms with Crippen molar-refractivity contribution in [3.05, 3.63) is 11.8 Å². The summed E-state index contributed by atoms with van der Waals surface area (Å²) in [6, 6.07) is 2.10. The van der Waals surface area contributed by atoms with Crippen LogP contribution >= 0.6 is 0 Å². The van der Waals surface area contributed by atoms with E-state index in [1.54, 1.807) is 0 Å². The number of anilines is 1. The summed E-state index contributed by atoms with van der Waals surface area (Å²) < 4.78 is 1.85. The van der Waals surface area contributed by atoms with Crippen LogP contribution in [0.15, 0.2) is 6.07 Å². The number of nitrogens with zero attached hydrogens (tertiary/aromatic N) is 3. The third kappa shape index (κ3) is 3.40. The quantitative estimate of drug-likeness (QED) is 0.685. The van der Waals surface area contributed by atoms with Gasteiger partial charge in [-0.05, 0) is 75.0 Å².